The molecule has 0 aromatic carbocycles. The third-order valence-corrected chi connectivity index (χ3v) is 7.09. The molecule has 2 N–H and O–H groups in total. The molecule has 3 aliphatic heterocycles. The van der Waals surface area contributed by atoms with Gasteiger partial charge in [0.1, 0.15) is 11.2 Å². The standard InChI is InChI=1S/C15H20N6OS2/c1-4-15(2)5-8-9(6-22-15)24-12-10(8)11-16-7-17-21(11)13-18-19-14(23-3)20(12)13/h11,16-17H,4-7H2,1-3H3/t11?,15-/m1/s1. The minimum absolute atomic E-state index is 0.0749. The van der Waals surface area contributed by atoms with Gasteiger partial charge in [0.05, 0.1) is 18.9 Å². The molecule has 2 aromatic heterocycles. The fourth-order valence-corrected chi connectivity index (χ4v) is 5.51. The number of nitrogens with one attached hydrogen (secondary N) is 2. The van der Waals surface area contributed by atoms with Crippen molar-refractivity contribution in [2.45, 2.75) is 50.2 Å². The summed E-state index contributed by atoms with van der Waals surface area (Å²) in [4.78, 5) is 1.34. The van der Waals surface area contributed by atoms with Crippen molar-refractivity contribution in [1.82, 2.24) is 25.5 Å². The van der Waals surface area contributed by atoms with Crippen LogP contribution in [0.2, 0.25) is 0 Å². The Morgan fingerprint density at radius 1 is 1.46 bits per heavy atom. The van der Waals surface area contributed by atoms with Crippen LogP contribution < -0.4 is 15.8 Å². The van der Waals surface area contributed by atoms with Crippen LogP contribution in [-0.2, 0) is 17.8 Å². The molecule has 1 saturated heterocycles. The van der Waals surface area contributed by atoms with E-state index in [1.807, 2.05) is 17.6 Å². The quantitative estimate of drug-likeness (QED) is 0.792. The lowest BCUT2D eigenvalue weighted by molar-refractivity contribution is -0.0549. The lowest BCUT2D eigenvalue weighted by atomic mass is 9.88. The van der Waals surface area contributed by atoms with Crippen LogP contribution in [-0.4, -0.2) is 33.3 Å². The van der Waals surface area contributed by atoms with Crippen LogP contribution in [0.3, 0.4) is 0 Å². The zero-order chi connectivity index (χ0) is 16.5. The van der Waals surface area contributed by atoms with Crippen LogP contribution >= 0.6 is 23.1 Å². The van der Waals surface area contributed by atoms with Gasteiger partial charge in [-0.1, -0.05) is 18.7 Å². The molecule has 0 spiro atoms. The highest BCUT2D eigenvalue weighted by molar-refractivity contribution is 7.98. The molecule has 1 unspecified atom stereocenters. The first-order chi connectivity index (χ1) is 11.6. The summed E-state index contributed by atoms with van der Waals surface area (Å²) in [5, 5.41) is 16.6. The second kappa shape index (κ2) is 5.18. The van der Waals surface area contributed by atoms with Gasteiger partial charge in [-0.05, 0) is 25.2 Å². The second-order valence-corrected chi connectivity index (χ2v) is 8.48. The van der Waals surface area contributed by atoms with Crippen LogP contribution in [0.25, 0.3) is 5.00 Å². The molecule has 0 saturated carbocycles. The summed E-state index contributed by atoms with van der Waals surface area (Å²) in [6.45, 7) is 5.86. The lowest BCUT2D eigenvalue weighted by Crippen LogP contribution is -2.40. The average molecular weight is 365 g/mol. The fraction of sp³-hybridized carbons (Fsp3) is 0.600. The van der Waals surface area contributed by atoms with Gasteiger partial charge in [0.2, 0.25) is 5.95 Å². The van der Waals surface area contributed by atoms with Crippen LogP contribution in [0.5, 0.6) is 0 Å². The first-order valence-corrected chi connectivity index (χ1v) is 10.2. The Labute approximate surface area is 148 Å². The molecule has 7 nitrogen and oxygen atoms in total. The first-order valence-electron chi connectivity index (χ1n) is 8.19. The molecule has 0 aliphatic carbocycles. The minimum atomic E-state index is -0.0749. The van der Waals surface area contributed by atoms with Crippen LogP contribution in [0.4, 0.5) is 5.95 Å². The minimum Gasteiger partial charge on any atom is -0.369 e. The first kappa shape index (κ1) is 15.2. The third kappa shape index (κ3) is 1.90. The van der Waals surface area contributed by atoms with Crippen molar-refractivity contribution in [3.8, 4) is 5.00 Å². The van der Waals surface area contributed by atoms with Crippen molar-refractivity contribution in [1.29, 1.82) is 0 Å². The number of thioether (sulfide) groups is 1. The number of rotatable bonds is 2. The number of hydrogen-bond donors (Lipinski definition) is 2. The van der Waals surface area contributed by atoms with E-state index in [0.29, 0.717) is 6.61 Å². The Bertz CT molecular complexity index is 817. The van der Waals surface area contributed by atoms with Crippen molar-refractivity contribution in [2.24, 2.45) is 0 Å². The van der Waals surface area contributed by atoms with Crippen molar-refractivity contribution in [3.63, 3.8) is 0 Å². The molecule has 0 radical (unpaired) electrons. The van der Waals surface area contributed by atoms with Crippen molar-refractivity contribution < 1.29 is 4.74 Å². The number of hydrazine groups is 1. The monoisotopic (exact) mass is 364 g/mol. The lowest BCUT2D eigenvalue weighted by Gasteiger charge is -2.35. The Morgan fingerprint density at radius 3 is 3.12 bits per heavy atom. The summed E-state index contributed by atoms with van der Waals surface area (Å²) in [5.41, 5.74) is 6.13. The van der Waals surface area contributed by atoms with Gasteiger partial charge in [0.15, 0.2) is 5.16 Å². The molecule has 0 amide bonds. The number of hydrogen-bond acceptors (Lipinski definition) is 8. The highest BCUT2D eigenvalue weighted by atomic mass is 32.2. The van der Waals surface area contributed by atoms with Crippen molar-refractivity contribution in [2.75, 3.05) is 17.9 Å². The molecule has 5 rings (SSSR count). The number of nitrogens with zero attached hydrogens (tertiary/aromatic N) is 4. The van der Waals surface area contributed by atoms with Crippen LogP contribution in [0, 0.1) is 0 Å². The third-order valence-electron chi connectivity index (χ3n) is 5.26. The van der Waals surface area contributed by atoms with E-state index in [-0.39, 0.29) is 11.8 Å². The van der Waals surface area contributed by atoms with E-state index in [2.05, 4.69) is 44.4 Å². The number of aromatic nitrogens is 3. The summed E-state index contributed by atoms with van der Waals surface area (Å²) in [5.74, 6) is 0.861. The van der Waals surface area contributed by atoms with Crippen molar-refractivity contribution >= 4 is 29.0 Å². The highest BCUT2D eigenvalue weighted by Crippen LogP contribution is 2.48. The summed E-state index contributed by atoms with van der Waals surface area (Å²) in [7, 11) is 0. The summed E-state index contributed by atoms with van der Waals surface area (Å²) in [6.07, 6.45) is 4.14. The number of anilines is 1. The van der Waals surface area contributed by atoms with E-state index >= 15 is 0 Å². The number of thiophene rings is 1. The molecule has 24 heavy (non-hydrogen) atoms. The molecule has 2 atom stereocenters. The predicted octanol–water partition coefficient (Wildman–Crippen LogP) is 2.18. The molecule has 3 aliphatic rings. The molecular formula is C15H20N6OS2. The maximum Gasteiger partial charge on any atom is 0.249 e. The molecule has 9 heteroatoms. The molecular weight excluding hydrogens is 344 g/mol. The van der Waals surface area contributed by atoms with Gasteiger partial charge in [-0.25, -0.2) is 9.99 Å². The molecule has 5 heterocycles. The smallest absolute Gasteiger partial charge is 0.249 e. The zero-order valence-electron chi connectivity index (χ0n) is 13.9. The van der Waals surface area contributed by atoms with Gasteiger partial charge in [-0.2, -0.15) is 0 Å². The van der Waals surface area contributed by atoms with Gasteiger partial charge in [0, 0.05) is 16.9 Å². The number of ether oxygens (including phenoxy) is 1. The van der Waals surface area contributed by atoms with E-state index in [1.54, 1.807) is 11.8 Å². The Balaban J connectivity index is 1.74. The van der Waals surface area contributed by atoms with Gasteiger partial charge in [0.25, 0.3) is 0 Å². The largest absolute Gasteiger partial charge is 0.369 e. The maximum absolute atomic E-state index is 6.17. The van der Waals surface area contributed by atoms with Gasteiger partial charge >= 0.3 is 0 Å². The summed E-state index contributed by atoms with van der Waals surface area (Å²) in [6, 6.07) is 0. The topological polar surface area (TPSA) is 67.2 Å². The second-order valence-electron chi connectivity index (χ2n) is 6.63. The van der Waals surface area contributed by atoms with Crippen molar-refractivity contribution in [3.05, 3.63) is 16.0 Å². The van der Waals surface area contributed by atoms with E-state index in [9.17, 15) is 0 Å². The van der Waals surface area contributed by atoms with Gasteiger partial charge in [-0.3, -0.25) is 10.3 Å². The van der Waals surface area contributed by atoms with Gasteiger partial charge < -0.3 is 4.74 Å². The summed E-state index contributed by atoms with van der Waals surface area (Å²) < 4.78 is 8.35. The highest BCUT2D eigenvalue weighted by Gasteiger charge is 2.43. The predicted molar refractivity (Wildman–Crippen MR) is 94.6 cm³/mol. The van der Waals surface area contributed by atoms with E-state index in [1.165, 1.54) is 21.0 Å². The normalized spacial score (nSPS) is 27.6. The fourth-order valence-electron chi connectivity index (χ4n) is 3.72. The van der Waals surface area contributed by atoms with Crippen LogP contribution in [0.15, 0.2) is 5.16 Å². The maximum atomic E-state index is 6.17. The molecule has 128 valence electrons. The molecule has 1 fully saturated rings. The SMILES string of the molecule is CC[C@]1(C)Cc2c(sc3c2C2NCNN2c2nnc(SC)n2-3)CO1. The average Bonchev–Trinajstić information content (AvgIpc) is 3.29. The van der Waals surface area contributed by atoms with E-state index in [0.717, 1.165) is 30.6 Å². The van der Waals surface area contributed by atoms with E-state index < -0.39 is 0 Å². The van der Waals surface area contributed by atoms with Crippen LogP contribution in [0.1, 0.15) is 42.4 Å². The Kier molecular flexibility index (Phi) is 3.27. The number of fused-ring (bicyclic) bond motifs is 8. The zero-order valence-corrected chi connectivity index (χ0v) is 15.6. The summed E-state index contributed by atoms with van der Waals surface area (Å²) >= 11 is 3.45. The Hall–Kier alpha value is -1.13. The molecule has 2 aromatic rings. The molecule has 0 bridgehead atoms. The van der Waals surface area contributed by atoms with E-state index in [4.69, 9.17) is 4.74 Å². The Morgan fingerprint density at radius 2 is 2.33 bits per heavy atom. The van der Waals surface area contributed by atoms with Gasteiger partial charge in [-0.15, -0.1) is 21.5 Å².